The largest absolute Gasteiger partial charge is 0.423 e. The number of hydrogen-bond acceptors (Lipinski definition) is 6. The highest BCUT2D eigenvalue weighted by atomic mass is 35.5. The Morgan fingerprint density at radius 1 is 0.854 bits per heavy atom. The Balaban J connectivity index is 1.40. The van der Waals surface area contributed by atoms with E-state index < -0.39 is 47.9 Å². The highest BCUT2D eigenvalue weighted by molar-refractivity contribution is 6.42. The lowest BCUT2D eigenvalue weighted by Crippen LogP contribution is -2.52. The molecule has 3 amide bonds. The van der Waals surface area contributed by atoms with Crippen LogP contribution < -0.4 is 4.74 Å². The van der Waals surface area contributed by atoms with E-state index in [1.54, 1.807) is 30.3 Å². The van der Waals surface area contributed by atoms with E-state index in [1.165, 1.54) is 42.5 Å². The smallest absolute Gasteiger partial charge is 0.343 e. The van der Waals surface area contributed by atoms with E-state index in [2.05, 4.69) is 0 Å². The number of ether oxygens (including phenoxy) is 1. The third-order valence-electron chi connectivity index (χ3n) is 7.13. The Morgan fingerprint density at radius 3 is 2.20 bits per heavy atom. The third-order valence-corrected chi connectivity index (χ3v) is 7.87. The van der Waals surface area contributed by atoms with Gasteiger partial charge in [-0.05, 0) is 74.4 Å². The number of esters is 1. The van der Waals surface area contributed by atoms with Crippen molar-refractivity contribution in [1.82, 2.24) is 10.0 Å². The SMILES string of the molecule is CC1=CC[C@H]2C(=O)N(N(CC(=O)c3ccc(OC(=O)c4ccccc4)cc3)C(=O)c3ccc(Cl)c(Cl)c3)C(=O)[C@@H]2C1. The van der Waals surface area contributed by atoms with Gasteiger partial charge in [-0.15, -0.1) is 0 Å². The van der Waals surface area contributed by atoms with E-state index in [1.807, 2.05) is 13.0 Å². The molecule has 1 aliphatic heterocycles. The maximum atomic E-state index is 13.7. The molecule has 10 heteroatoms. The van der Waals surface area contributed by atoms with E-state index in [4.69, 9.17) is 27.9 Å². The van der Waals surface area contributed by atoms with Gasteiger partial charge >= 0.3 is 5.97 Å². The summed E-state index contributed by atoms with van der Waals surface area (Å²) in [4.78, 5) is 66.3. The number of carbonyl (C=O) groups excluding carboxylic acids is 5. The van der Waals surface area contributed by atoms with Gasteiger partial charge in [0, 0.05) is 11.1 Å². The van der Waals surface area contributed by atoms with Crippen molar-refractivity contribution in [3.05, 3.63) is 111 Å². The Bertz CT molecular complexity index is 1590. The fourth-order valence-electron chi connectivity index (χ4n) is 4.95. The first-order valence-electron chi connectivity index (χ1n) is 12.8. The predicted molar refractivity (Wildman–Crippen MR) is 151 cm³/mol. The lowest BCUT2D eigenvalue weighted by atomic mass is 9.82. The predicted octanol–water partition coefficient (Wildman–Crippen LogP) is 5.79. The molecule has 0 spiro atoms. The zero-order valence-corrected chi connectivity index (χ0v) is 23.4. The highest BCUT2D eigenvalue weighted by Crippen LogP contribution is 2.39. The fraction of sp³-hybridized carbons (Fsp3) is 0.194. The second-order valence-electron chi connectivity index (χ2n) is 9.89. The van der Waals surface area contributed by atoms with Crippen molar-refractivity contribution in [3.63, 3.8) is 0 Å². The number of allylic oxidation sites excluding steroid dienone is 2. The van der Waals surface area contributed by atoms with E-state index in [0.717, 1.165) is 15.6 Å². The van der Waals surface area contributed by atoms with Crippen LogP contribution in [0.15, 0.2) is 84.4 Å². The zero-order valence-electron chi connectivity index (χ0n) is 21.9. The molecule has 0 radical (unpaired) electrons. The Kier molecular flexibility index (Phi) is 8.06. The number of hydrogen-bond donors (Lipinski definition) is 0. The number of carbonyl (C=O) groups is 5. The summed E-state index contributed by atoms with van der Waals surface area (Å²) in [6.07, 6.45) is 2.69. The molecule has 1 fully saturated rings. The summed E-state index contributed by atoms with van der Waals surface area (Å²) >= 11 is 12.1. The molecule has 8 nitrogen and oxygen atoms in total. The van der Waals surface area contributed by atoms with Gasteiger partial charge in [0.2, 0.25) is 0 Å². The maximum Gasteiger partial charge on any atom is 0.343 e. The molecule has 0 unspecified atom stereocenters. The number of fused-ring (bicyclic) bond motifs is 1. The normalized spacial score (nSPS) is 18.0. The van der Waals surface area contributed by atoms with Crippen LogP contribution in [0, 0.1) is 11.8 Å². The quantitative estimate of drug-likeness (QED) is 0.113. The van der Waals surface area contributed by atoms with Crippen molar-refractivity contribution < 1.29 is 28.7 Å². The second-order valence-corrected chi connectivity index (χ2v) is 10.7. The number of Topliss-reactive ketones (excluding diaryl/α,β-unsaturated/α-hetero) is 1. The van der Waals surface area contributed by atoms with Gasteiger partial charge in [-0.2, -0.15) is 5.01 Å². The Labute approximate surface area is 246 Å². The summed E-state index contributed by atoms with van der Waals surface area (Å²) in [6.45, 7) is 1.30. The average Bonchev–Trinajstić information content (AvgIpc) is 3.22. The lowest BCUT2D eigenvalue weighted by Gasteiger charge is -2.30. The van der Waals surface area contributed by atoms with Gasteiger partial charge in [-0.25, -0.2) is 9.80 Å². The summed E-state index contributed by atoms with van der Waals surface area (Å²) in [5.74, 6) is -3.91. The first kappa shape index (κ1) is 28.3. The number of ketones is 1. The van der Waals surface area contributed by atoms with Gasteiger partial charge in [-0.3, -0.25) is 19.2 Å². The molecule has 3 aromatic rings. The van der Waals surface area contributed by atoms with Crippen molar-refractivity contribution >= 4 is 52.7 Å². The van der Waals surface area contributed by atoms with Gasteiger partial charge in [0.15, 0.2) is 5.78 Å². The van der Waals surface area contributed by atoms with Gasteiger partial charge in [0.25, 0.3) is 17.7 Å². The zero-order chi connectivity index (χ0) is 29.3. The van der Waals surface area contributed by atoms with Crippen LogP contribution in [-0.2, 0) is 9.59 Å². The molecule has 1 aliphatic carbocycles. The molecule has 0 N–H and O–H groups in total. The van der Waals surface area contributed by atoms with Crippen LogP contribution in [0.2, 0.25) is 10.0 Å². The maximum absolute atomic E-state index is 13.7. The van der Waals surface area contributed by atoms with Crippen LogP contribution >= 0.6 is 23.2 Å². The molecule has 5 rings (SSSR count). The third kappa shape index (κ3) is 5.80. The van der Waals surface area contributed by atoms with E-state index in [-0.39, 0.29) is 26.9 Å². The lowest BCUT2D eigenvalue weighted by molar-refractivity contribution is -0.154. The van der Waals surface area contributed by atoms with Crippen LogP contribution in [0.25, 0.3) is 0 Å². The summed E-state index contributed by atoms with van der Waals surface area (Å²) in [5.41, 5.74) is 1.60. The molecule has 41 heavy (non-hydrogen) atoms. The Morgan fingerprint density at radius 2 is 1.51 bits per heavy atom. The van der Waals surface area contributed by atoms with Gasteiger partial charge in [-0.1, -0.05) is 53.1 Å². The molecule has 1 saturated heterocycles. The van der Waals surface area contributed by atoms with E-state index in [9.17, 15) is 24.0 Å². The second kappa shape index (κ2) is 11.7. The van der Waals surface area contributed by atoms with Gasteiger partial charge in [0.1, 0.15) is 12.3 Å². The van der Waals surface area contributed by atoms with Crippen molar-refractivity contribution in [2.24, 2.45) is 11.8 Å². The van der Waals surface area contributed by atoms with Crippen LogP contribution in [0.4, 0.5) is 0 Å². The van der Waals surface area contributed by atoms with E-state index >= 15 is 0 Å². The van der Waals surface area contributed by atoms with E-state index in [0.29, 0.717) is 18.4 Å². The van der Waals surface area contributed by atoms with Gasteiger partial charge in [0.05, 0.1) is 27.4 Å². The fourth-order valence-corrected chi connectivity index (χ4v) is 5.24. The molecule has 2 aliphatic rings. The highest BCUT2D eigenvalue weighted by Gasteiger charge is 2.51. The first-order valence-corrected chi connectivity index (χ1v) is 13.6. The number of benzene rings is 3. The van der Waals surface area contributed by atoms with Crippen molar-refractivity contribution in [2.45, 2.75) is 19.8 Å². The number of imide groups is 1. The van der Waals surface area contributed by atoms with Crippen LogP contribution in [0.5, 0.6) is 5.75 Å². The number of amides is 3. The van der Waals surface area contributed by atoms with Crippen LogP contribution in [-0.4, -0.2) is 46.0 Å². The number of rotatable bonds is 7. The van der Waals surface area contributed by atoms with Crippen LogP contribution in [0.1, 0.15) is 50.8 Å². The number of hydrazine groups is 1. The van der Waals surface area contributed by atoms with Gasteiger partial charge < -0.3 is 4.74 Å². The first-order chi connectivity index (χ1) is 19.6. The topological polar surface area (TPSA) is 101 Å². The number of nitrogens with zero attached hydrogens (tertiary/aromatic N) is 2. The number of halogens is 2. The standard InChI is InChI=1S/C31H24Cl2N2O6/c1-18-7-13-23-24(15-18)30(39)35(29(23)38)34(28(37)21-10-14-25(32)26(33)16-21)17-27(36)19-8-11-22(12-9-19)41-31(40)20-5-3-2-4-6-20/h2-12,14,16,23-24H,13,15,17H2,1H3/t23-,24-/m1/s1. The van der Waals surface area contributed by atoms with Crippen molar-refractivity contribution in [1.29, 1.82) is 0 Å². The molecule has 0 bridgehead atoms. The minimum absolute atomic E-state index is 0.0557. The monoisotopic (exact) mass is 590 g/mol. The molecule has 208 valence electrons. The minimum Gasteiger partial charge on any atom is -0.423 e. The minimum atomic E-state index is -0.754. The van der Waals surface area contributed by atoms with Crippen molar-refractivity contribution in [2.75, 3.05) is 6.54 Å². The average molecular weight is 591 g/mol. The van der Waals surface area contributed by atoms with Crippen molar-refractivity contribution in [3.8, 4) is 5.75 Å². The molecule has 3 aromatic carbocycles. The molecular weight excluding hydrogens is 567 g/mol. The summed E-state index contributed by atoms with van der Waals surface area (Å²) < 4.78 is 5.36. The summed E-state index contributed by atoms with van der Waals surface area (Å²) in [5, 5.41) is 2.01. The summed E-state index contributed by atoms with van der Waals surface area (Å²) in [7, 11) is 0. The molecular formula is C31H24Cl2N2O6. The summed E-state index contributed by atoms with van der Waals surface area (Å²) in [6, 6.07) is 18.4. The van der Waals surface area contributed by atoms with Crippen LogP contribution in [0.3, 0.4) is 0 Å². The molecule has 0 saturated carbocycles. The molecule has 1 heterocycles. The Hall–Kier alpha value is -4.27. The molecule has 2 atom stereocenters. The molecule has 0 aromatic heterocycles.